The van der Waals surface area contributed by atoms with E-state index in [1.165, 1.54) is 0 Å². The Bertz CT molecular complexity index is 374. The van der Waals surface area contributed by atoms with Gasteiger partial charge in [0.1, 0.15) is 0 Å². The van der Waals surface area contributed by atoms with Crippen LogP contribution >= 0.6 is 0 Å². The largest absolute Gasteiger partial charge is 0.192 e. The molecule has 1 heteroatoms. The molecule has 0 N–H and O–H groups in total. The fourth-order valence-corrected chi connectivity index (χ4v) is 1.25. The molecule has 78 valence electrons. The van der Waals surface area contributed by atoms with Crippen LogP contribution in [0.5, 0.6) is 0 Å². The van der Waals surface area contributed by atoms with Crippen LogP contribution in [0.15, 0.2) is 36.4 Å². The molecular weight excluding hydrogens is 182 g/mol. The van der Waals surface area contributed by atoms with E-state index in [9.17, 15) is 0 Å². The summed E-state index contributed by atoms with van der Waals surface area (Å²) in [5, 5.41) is 9.06. The van der Waals surface area contributed by atoms with Gasteiger partial charge in [-0.1, -0.05) is 57.2 Å². The lowest BCUT2D eigenvalue weighted by molar-refractivity contribution is 0.421. The monoisotopic (exact) mass is 199 g/mol. The molecule has 0 aliphatic rings. The molecule has 15 heavy (non-hydrogen) atoms. The van der Waals surface area contributed by atoms with E-state index in [1.807, 2.05) is 36.4 Å². The smallest absolute Gasteiger partial charge is 0.0994 e. The Morgan fingerprint density at radius 1 is 1.27 bits per heavy atom. The third kappa shape index (κ3) is 3.99. The van der Waals surface area contributed by atoms with E-state index in [2.05, 4.69) is 26.8 Å². The van der Waals surface area contributed by atoms with E-state index in [4.69, 9.17) is 5.26 Å². The van der Waals surface area contributed by atoms with Gasteiger partial charge in [0, 0.05) is 0 Å². The summed E-state index contributed by atoms with van der Waals surface area (Å²) in [6, 6.07) is 12.1. The van der Waals surface area contributed by atoms with Crippen molar-refractivity contribution < 1.29 is 0 Å². The summed E-state index contributed by atoms with van der Waals surface area (Å²) >= 11 is 0. The van der Waals surface area contributed by atoms with E-state index in [0.29, 0.717) is 0 Å². The van der Waals surface area contributed by atoms with Gasteiger partial charge in [-0.3, -0.25) is 0 Å². The van der Waals surface area contributed by atoms with Crippen molar-refractivity contribution in [2.24, 2.45) is 5.41 Å². The second-order valence-electron chi connectivity index (χ2n) is 4.86. The van der Waals surface area contributed by atoms with Crippen LogP contribution in [0.4, 0.5) is 0 Å². The summed E-state index contributed by atoms with van der Waals surface area (Å²) < 4.78 is 0. The second kappa shape index (κ2) is 4.79. The van der Waals surface area contributed by atoms with Crippen molar-refractivity contribution in [1.82, 2.24) is 0 Å². The zero-order valence-corrected chi connectivity index (χ0v) is 9.62. The zero-order chi connectivity index (χ0) is 11.3. The Labute approximate surface area is 92.1 Å². The number of nitrogens with zero attached hydrogens (tertiary/aromatic N) is 1. The van der Waals surface area contributed by atoms with Crippen molar-refractivity contribution in [3.63, 3.8) is 0 Å². The molecule has 0 radical (unpaired) electrons. The fourth-order valence-electron chi connectivity index (χ4n) is 1.25. The molecule has 1 rings (SSSR count). The maximum atomic E-state index is 9.06. The minimum atomic E-state index is 0.233. The van der Waals surface area contributed by atoms with Gasteiger partial charge in [0.2, 0.25) is 0 Å². The average molecular weight is 199 g/mol. The number of rotatable bonds is 2. The van der Waals surface area contributed by atoms with E-state index in [1.54, 1.807) is 0 Å². The number of hydrogen-bond donors (Lipinski definition) is 0. The van der Waals surface area contributed by atoms with Crippen molar-refractivity contribution in [1.29, 1.82) is 5.26 Å². The number of benzene rings is 1. The Hall–Kier alpha value is -1.55. The Morgan fingerprint density at radius 3 is 2.33 bits per heavy atom. The summed E-state index contributed by atoms with van der Waals surface area (Å²) in [4.78, 5) is 0. The Morgan fingerprint density at radius 2 is 1.87 bits per heavy atom. The van der Waals surface area contributed by atoms with Gasteiger partial charge in [-0.2, -0.15) is 5.26 Å². The summed E-state index contributed by atoms with van der Waals surface area (Å²) in [6.07, 6.45) is 2.94. The van der Waals surface area contributed by atoms with Gasteiger partial charge in [-0.05, 0) is 17.4 Å². The van der Waals surface area contributed by atoms with E-state index >= 15 is 0 Å². The first kappa shape index (κ1) is 11.5. The topological polar surface area (TPSA) is 23.8 Å². The highest BCUT2D eigenvalue weighted by molar-refractivity contribution is 5.76. The van der Waals surface area contributed by atoms with Crippen molar-refractivity contribution in [2.75, 3.05) is 0 Å². The number of allylic oxidation sites excluding steroid dienone is 2. The highest BCUT2D eigenvalue weighted by atomic mass is 14.2. The van der Waals surface area contributed by atoms with Crippen molar-refractivity contribution >= 4 is 5.57 Å². The molecule has 0 spiro atoms. The van der Waals surface area contributed by atoms with E-state index in [-0.39, 0.29) is 5.41 Å². The Balaban J connectivity index is 2.87. The molecule has 0 fully saturated rings. The predicted molar refractivity (Wildman–Crippen MR) is 64.1 cm³/mol. The van der Waals surface area contributed by atoms with Crippen LogP contribution in [0.2, 0.25) is 0 Å². The summed E-state index contributed by atoms with van der Waals surface area (Å²) in [6.45, 7) is 6.51. The molecule has 1 nitrogen and oxygen atoms in total. The fraction of sp³-hybridized carbons (Fsp3) is 0.357. The number of nitriles is 1. The van der Waals surface area contributed by atoms with Crippen LogP contribution in [0.1, 0.15) is 32.8 Å². The number of hydrogen-bond acceptors (Lipinski definition) is 1. The molecule has 0 bridgehead atoms. The summed E-state index contributed by atoms with van der Waals surface area (Å²) in [5.74, 6) is 0. The SMILES string of the molecule is CC(C)(C)CC=C(C#N)c1ccccc1. The van der Waals surface area contributed by atoms with Gasteiger partial charge in [-0.15, -0.1) is 0 Å². The maximum absolute atomic E-state index is 9.06. The first-order valence-corrected chi connectivity index (χ1v) is 5.18. The molecule has 0 aliphatic heterocycles. The van der Waals surface area contributed by atoms with Gasteiger partial charge in [0.05, 0.1) is 11.6 Å². The molecule has 0 saturated carbocycles. The third-order valence-electron chi connectivity index (χ3n) is 2.12. The Kier molecular flexibility index (Phi) is 3.68. The van der Waals surface area contributed by atoms with Crippen LogP contribution in [-0.4, -0.2) is 0 Å². The molecule has 0 aliphatic carbocycles. The van der Waals surface area contributed by atoms with Gasteiger partial charge >= 0.3 is 0 Å². The normalized spacial score (nSPS) is 12.3. The third-order valence-corrected chi connectivity index (χ3v) is 2.12. The van der Waals surface area contributed by atoms with Crippen molar-refractivity contribution in [3.05, 3.63) is 42.0 Å². The van der Waals surface area contributed by atoms with Crippen LogP contribution in [-0.2, 0) is 0 Å². The molecule has 0 atom stereocenters. The lowest BCUT2D eigenvalue weighted by atomic mass is 9.90. The molecule has 0 unspecified atom stereocenters. The first-order chi connectivity index (χ1) is 7.03. The summed E-state index contributed by atoms with van der Waals surface area (Å²) in [7, 11) is 0. The molecule has 0 saturated heterocycles. The minimum absolute atomic E-state index is 0.233. The van der Waals surface area contributed by atoms with E-state index in [0.717, 1.165) is 17.6 Å². The quantitative estimate of drug-likeness (QED) is 0.660. The van der Waals surface area contributed by atoms with E-state index < -0.39 is 0 Å². The highest BCUT2D eigenvalue weighted by Gasteiger charge is 2.08. The van der Waals surface area contributed by atoms with Gasteiger partial charge in [-0.25, -0.2) is 0 Å². The predicted octanol–water partition coefficient (Wildman–Crippen LogP) is 4.03. The second-order valence-corrected chi connectivity index (χ2v) is 4.86. The minimum Gasteiger partial charge on any atom is -0.192 e. The standard InChI is InChI=1S/C14H17N/c1-14(2,3)10-9-13(11-15)12-7-5-4-6-8-12/h4-9H,10H2,1-3H3. The van der Waals surface area contributed by atoms with Crippen LogP contribution in [0.25, 0.3) is 5.57 Å². The van der Waals surface area contributed by atoms with Crippen LogP contribution in [0.3, 0.4) is 0 Å². The lowest BCUT2D eigenvalue weighted by Crippen LogP contribution is -2.02. The van der Waals surface area contributed by atoms with Crippen molar-refractivity contribution in [2.45, 2.75) is 27.2 Å². The summed E-state index contributed by atoms with van der Waals surface area (Å²) in [5.41, 5.74) is 2.01. The van der Waals surface area contributed by atoms with Crippen LogP contribution in [0, 0.1) is 16.7 Å². The molecule has 1 aromatic rings. The van der Waals surface area contributed by atoms with Gasteiger partial charge in [0.25, 0.3) is 0 Å². The molecule has 0 aromatic heterocycles. The maximum Gasteiger partial charge on any atom is 0.0994 e. The van der Waals surface area contributed by atoms with Crippen molar-refractivity contribution in [3.8, 4) is 6.07 Å². The van der Waals surface area contributed by atoms with Crippen LogP contribution < -0.4 is 0 Å². The molecule has 1 aromatic carbocycles. The molecular formula is C14H17N. The zero-order valence-electron chi connectivity index (χ0n) is 9.62. The molecule has 0 amide bonds. The average Bonchev–Trinajstić information content (AvgIpc) is 2.19. The lowest BCUT2D eigenvalue weighted by Gasteiger charge is -2.15. The molecule has 0 heterocycles. The first-order valence-electron chi connectivity index (χ1n) is 5.18. The highest BCUT2D eigenvalue weighted by Crippen LogP contribution is 2.22. The van der Waals surface area contributed by atoms with Gasteiger partial charge in [0.15, 0.2) is 0 Å². The van der Waals surface area contributed by atoms with Gasteiger partial charge < -0.3 is 0 Å².